The summed E-state index contributed by atoms with van der Waals surface area (Å²) in [5, 5.41) is 0. The second kappa shape index (κ2) is 6.64. The molecule has 0 amide bonds. The number of carbonyl (C=O) groups excluding carboxylic acids is 1. The molecule has 0 fully saturated rings. The van der Waals surface area contributed by atoms with E-state index < -0.39 is 29.2 Å². The first kappa shape index (κ1) is 16.1. The Labute approximate surface area is 126 Å². The molecule has 0 N–H and O–H groups in total. The predicted molar refractivity (Wildman–Crippen MR) is 77.7 cm³/mol. The van der Waals surface area contributed by atoms with Gasteiger partial charge in [-0.05, 0) is 19.3 Å². The van der Waals surface area contributed by atoms with E-state index in [0.717, 1.165) is 0 Å². The monoisotopic (exact) mass is 308 g/mol. The van der Waals surface area contributed by atoms with E-state index in [1.54, 1.807) is 19.1 Å². The smallest absolute Gasteiger partial charge is 0.339 e. The Balaban J connectivity index is 2.42. The number of hydrogen-bond donors (Lipinski definition) is 0. The minimum Gasteiger partial charge on any atom is -0.419 e. The van der Waals surface area contributed by atoms with Crippen molar-refractivity contribution in [2.45, 2.75) is 20.3 Å². The third-order valence-electron chi connectivity index (χ3n) is 3.36. The molecule has 0 aromatic heterocycles. The summed E-state index contributed by atoms with van der Waals surface area (Å²) in [4.78, 5) is 12.1. The van der Waals surface area contributed by atoms with Gasteiger partial charge in [0.25, 0.3) is 0 Å². The van der Waals surface area contributed by atoms with Gasteiger partial charge in [-0.3, -0.25) is 0 Å². The van der Waals surface area contributed by atoms with Gasteiger partial charge in [-0.2, -0.15) is 4.39 Å². The van der Waals surface area contributed by atoms with Crippen LogP contribution in [0, 0.1) is 23.4 Å². The number of ether oxygens (including phenoxy) is 1. The molecule has 2 nitrogen and oxygen atoms in total. The highest BCUT2D eigenvalue weighted by Crippen LogP contribution is 2.31. The summed E-state index contributed by atoms with van der Waals surface area (Å²) in [6, 6.07) is 0.424. The zero-order valence-electron chi connectivity index (χ0n) is 12.2. The van der Waals surface area contributed by atoms with Crippen molar-refractivity contribution < 1.29 is 22.7 Å². The molecule has 0 saturated carbocycles. The highest BCUT2D eigenvalue weighted by molar-refractivity contribution is 5.91. The summed E-state index contributed by atoms with van der Waals surface area (Å²) in [5.41, 5.74) is 0.0346. The lowest BCUT2D eigenvalue weighted by atomic mass is 9.93. The Morgan fingerprint density at radius 3 is 2.68 bits per heavy atom. The number of carbonyl (C=O) groups is 1. The van der Waals surface area contributed by atoms with Gasteiger partial charge in [-0.1, -0.05) is 37.3 Å². The molecule has 22 heavy (non-hydrogen) atoms. The number of allylic oxidation sites excluding steroid dienone is 4. The number of halogens is 3. The molecule has 5 heteroatoms. The van der Waals surface area contributed by atoms with Crippen molar-refractivity contribution in [3.05, 3.63) is 59.0 Å². The first-order valence-corrected chi connectivity index (χ1v) is 6.84. The average molecular weight is 308 g/mol. The van der Waals surface area contributed by atoms with E-state index in [-0.39, 0.29) is 11.5 Å². The first-order chi connectivity index (χ1) is 10.5. The van der Waals surface area contributed by atoms with Crippen LogP contribution < -0.4 is 4.74 Å². The van der Waals surface area contributed by atoms with Crippen LogP contribution in [0.2, 0.25) is 0 Å². The molecular formula is C17H15F3O2. The van der Waals surface area contributed by atoms with E-state index in [0.29, 0.717) is 18.1 Å². The Bertz CT molecular complexity index is 688. The molecular weight excluding hydrogens is 293 g/mol. The minimum atomic E-state index is -1.40. The molecule has 2 rings (SSSR count). The average Bonchev–Trinajstić information content (AvgIpc) is 2.48. The summed E-state index contributed by atoms with van der Waals surface area (Å²) in [6.07, 6.45) is 8.43. The standard InChI is InChI=1S/C17H15F3O2/c1-3-6-12-13(18)9-14(19)15(20)16(12)22-17(21)11-8-5-4-7-10(11)2/h3-6,8-10H,7H2,1-2H3/b6-3+/t10-/m0/s1. The highest BCUT2D eigenvalue weighted by Gasteiger charge is 2.25. The van der Waals surface area contributed by atoms with Crippen LogP contribution in [-0.4, -0.2) is 5.97 Å². The van der Waals surface area contributed by atoms with Crippen molar-refractivity contribution in [2.24, 2.45) is 5.92 Å². The van der Waals surface area contributed by atoms with Crippen molar-refractivity contribution in [3.8, 4) is 5.75 Å². The molecule has 1 aliphatic carbocycles. The predicted octanol–water partition coefficient (Wildman–Crippen LogP) is 4.56. The quantitative estimate of drug-likeness (QED) is 0.465. The number of hydrogen-bond acceptors (Lipinski definition) is 2. The molecule has 1 aliphatic rings. The van der Waals surface area contributed by atoms with Crippen molar-refractivity contribution in [1.29, 1.82) is 0 Å². The molecule has 0 unspecified atom stereocenters. The molecule has 0 spiro atoms. The van der Waals surface area contributed by atoms with Crippen LogP contribution in [0.1, 0.15) is 25.8 Å². The molecule has 0 heterocycles. The fourth-order valence-corrected chi connectivity index (χ4v) is 2.18. The fraction of sp³-hybridized carbons (Fsp3) is 0.235. The molecule has 0 saturated heterocycles. The van der Waals surface area contributed by atoms with Gasteiger partial charge in [-0.25, -0.2) is 13.6 Å². The van der Waals surface area contributed by atoms with Gasteiger partial charge >= 0.3 is 5.97 Å². The summed E-state index contributed by atoms with van der Waals surface area (Å²) < 4.78 is 46.0. The van der Waals surface area contributed by atoms with Crippen LogP contribution in [0.4, 0.5) is 13.2 Å². The van der Waals surface area contributed by atoms with E-state index in [2.05, 4.69) is 0 Å². The SMILES string of the molecule is C/C=C/c1c(F)cc(F)c(F)c1OC(=O)C1=CC=CC[C@@H]1C. The van der Waals surface area contributed by atoms with Crippen molar-refractivity contribution in [2.75, 3.05) is 0 Å². The second-order valence-electron chi connectivity index (χ2n) is 4.97. The maximum Gasteiger partial charge on any atom is 0.339 e. The number of rotatable bonds is 3. The van der Waals surface area contributed by atoms with Crippen molar-refractivity contribution in [3.63, 3.8) is 0 Å². The lowest BCUT2D eigenvalue weighted by Crippen LogP contribution is -2.19. The third kappa shape index (κ3) is 3.13. The van der Waals surface area contributed by atoms with Crippen LogP contribution in [0.15, 0.2) is 35.9 Å². The molecule has 1 aromatic rings. The highest BCUT2D eigenvalue weighted by atomic mass is 19.2. The van der Waals surface area contributed by atoms with Gasteiger partial charge in [0.1, 0.15) is 5.82 Å². The van der Waals surface area contributed by atoms with Crippen LogP contribution >= 0.6 is 0 Å². The van der Waals surface area contributed by atoms with Crippen LogP contribution in [0.25, 0.3) is 6.08 Å². The van der Waals surface area contributed by atoms with Gasteiger partial charge in [-0.15, -0.1) is 0 Å². The molecule has 1 atom stereocenters. The normalized spacial score (nSPS) is 17.7. The molecule has 1 aromatic carbocycles. The first-order valence-electron chi connectivity index (χ1n) is 6.84. The van der Waals surface area contributed by atoms with E-state index in [1.165, 1.54) is 12.2 Å². The number of benzene rings is 1. The van der Waals surface area contributed by atoms with Gasteiger partial charge in [0.2, 0.25) is 5.82 Å². The number of esters is 1. The molecule has 0 radical (unpaired) electrons. The fourth-order valence-electron chi connectivity index (χ4n) is 2.18. The Morgan fingerprint density at radius 1 is 1.32 bits per heavy atom. The van der Waals surface area contributed by atoms with E-state index >= 15 is 0 Å². The second-order valence-corrected chi connectivity index (χ2v) is 4.97. The zero-order valence-corrected chi connectivity index (χ0v) is 12.2. The van der Waals surface area contributed by atoms with Crippen LogP contribution in [0.3, 0.4) is 0 Å². The lowest BCUT2D eigenvalue weighted by Gasteiger charge is -2.17. The molecule has 0 bridgehead atoms. The van der Waals surface area contributed by atoms with Gasteiger partial charge in [0, 0.05) is 11.6 Å². The summed E-state index contributed by atoms with van der Waals surface area (Å²) in [5.74, 6) is -5.44. The molecule has 116 valence electrons. The Kier molecular flexibility index (Phi) is 4.85. The van der Waals surface area contributed by atoms with Crippen molar-refractivity contribution in [1.82, 2.24) is 0 Å². The van der Waals surface area contributed by atoms with E-state index in [9.17, 15) is 18.0 Å². The van der Waals surface area contributed by atoms with Gasteiger partial charge < -0.3 is 4.74 Å². The Hall–Kier alpha value is -2.30. The molecule has 0 aliphatic heterocycles. The third-order valence-corrected chi connectivity index (χ3v) is 3.36. The van der Waals surface area contributed by atoms with Crippen LogP contribution in [0.5, 0.6) is 5.75 Å². The summed E-state index contributed by atoms with van der Waals surface area (Å²) >= 11 is 0. The maximum atomic E-state index is 13.9. The minimum absolute atomic E-state index is 0.107. The summed E-state index contributed by atoms with van der Waals surface area (Å²) in [7, 11) is 0. The summed E-state index contributed by atoms with van der Waals surface area (Å²) in [6.45, 7) is 3.40. The zero-order chi connectivity index (χ0) is 16.3. The van der Waals surface area contributed by atoms with Gasteiger partial charge in [0.15, 0.2) is 11.6 Å². The van der Waals surface area contributed by atoms with Crippen molar-refractivity contribution >= 4 is 12.0 Å². The van der Waals surface area contributed by atoms with Gasteiger partial charge in [0.05, 0.1) is 5.56 Å². The topological polar surface area (TPSA) is 26.3 Å². The van der Waals surface area contributed by atoms with Crippen LogP contribution in [-0.2, 0) is 4.79 Å². The largest absolute Gasteiger partial charge is 0.419 e. The van der Waals surface area contributed by atoms with E-state index in [1.807, 2.05) is 13.0 Å². The maximum absolute atomic E-state index is 13.9. The lowest BCUT2D eigenvalue weighted by molar-refractivity contribution is -0.131. The Morgan fingerprint density at radius 2 is 2.05 bits per heavy atom. The van der Waals surface area contributed by atoms with E-state index in [4.69, 9.17) is 4.74 Å².